The molecule has 0 saturated heterocycles. The lowest BCUT2D eigenvalue weighted by Gasteiger charge is -2.24. The Labute approximate surface area is 156 Å². The van der Waals surface area contributed by atoms with Gasteiger partial charge in [-0.2, -0.15) is 0 Å². The number of fused-ring (bicyclic) bond motifs is 2. The number of benzene rings is 2. The van der Waals surface area contributed by atoms with E-state index >= 15 is 0 Å². The highest BCUT2D eigenvalue weighted by Gasteiger charge is 2.29. The molecule has 2 heterocycles. The summed E-state index contributed by atoms with van der Waals surface area (Å²) >= 11 is 6.00. The lowest BCUT2D eigenvalue weighted by Crippen LogP contribution is -2.36. The van der Waals surface area contributed by atoms with Crippen LogP contribution in [0.15, 0.2) is 42.5 Å². The first-order valence-electron chi connectivity index (χ1n) is 8.58. The number of carbonyl (C=O) groups excluding carboxylic acids is 2. The number of amides is 1. The van der Waals surface area contributed by atoms with Crippen LogP contribution in [0.5, 0.6) is 5.75 Å². The van der Waals surface area contributed by atoms with E-state index in [9.17, 15) is 9.59 Å². The second kappa shape index (κ2) is 7.00. The van der Waals surface area contributed by atoms with Crippen molar-refractivity contribution >= 4 is 29.2 Å². The van der Waals surface area contributed by atoms with Gasteiger partial charge >= 0.3 is 5.97 Å². The van der Waals surface area contributed by atoms with E-state index in [-0.39, 0.29) is 19.1 Å². The molecule has 0 fully saturated rings. The Morgan fingerprint density at radius 3 is 2.92 bits per heavy atom. The molecule has 2 aromatic rings. The molecule has 134 valence electrons. The predicted molar refractivity (Wildman–Crippen MR) is 97.6 cm³/mol. The molecule has 0 bridgehead atoms. The van der Waals surface area contributed by atoms with Gasteiger partial charge in [0.1, 0.15) is 12.4 Å². The zero-order valence-electron chi connectivity index (χ0n) is 14.1. The standard InChI is InChI=1S/C20H18ClNO4/c21-16-5-6-18-14(10-16)9-15(11-25-18)20(24)26-12-19(23)22-8-7-13-3-1-2-4-17(13)22/h1-6,10,15H,7-9,11-12H2/t15-/m1/s1. The van der Waals surface area contributed by atoms with Crippen molar-refractivity contribution in [3.05, 3.63) is 58.6 Å². The number of anilines is 1. The van der Waals surface area contributed by atoms with Gasteiger partial charge in [-0.1, -0.05) is 29.8 Å². The smallest absolute Gasteiger partial charge is 0.313 e. The maximum Gasteiger partial charge on any atom is 0.313 e. The van der Waals surface area contributed by atoms with Crippen molar-refractivity contribution < 1.29 is 19.1 Å². The molecule has 4 rings (SSSR count). The summed E-state index contributed by atoms with van der Waals surface area (Å²) in [6.07, 6.45) is 1.32. The van der Waals surface area contributed by atoms with E-state index in [1.165, 1.54) is 0 Å². The van der Waals surface area contributed by atoms with Crippen LogP contribution in [-0.2, 0) is 27.2 Å². The van der Waals surface area contributed by atoms with Crippen molar-refractivity contribution in [3.8, 4) is 5.75 Å². The lowest BCUT2D eigenvalue weighted by molar-refractivity contribution is -0.153. The molecular weight excluding hydrogens is 354 g/mol. The number of ether oxygens (including phenoxy) is 2. The van der Waals surface area contributed by atoms with Gasteiger partial charge < -0.3 is 14.4 Å². The molecule has 26 heavy (non-hydrogen) atoms. The highest BCUT2D eigenvalue weighted by Crippen LogP contribution is 2.30. The summed E-state index contributed by atoms with van der Waals surface area (Å²) in [4.78, 5) is 26.5. The third-order valence-electron chi connectivity index (χ3n) is 4.79. The van der Waals surface area contributed by atoms with E-state index in [0.717, 1.165) is 29.0 Å². The maximum absolute atomic E-state index is 12.4. The fourth-order valence-corrected chi connectivity index (χ4v) is 3.64. The van der Waals surface area contributed by atoms with Crippen molar-refractivity contribution in [2.75, 3.05) is 24.7 Å². The summed E-state index contributed by atoms with van der Waals surface area (Å²) in [7, 11) is 0. The summed E-state index contributed by atoms with van der Waals surface area (Å²) in [6, 6.07) is 13.1. The fourth-order valence-electron chi connectivity index (χ4n) is 3.44. The minimum atomic E-state index is -0.431. The average Bonchev–Trinajstić information content (AvgIpc) is 3.09. The van der Waals surface area contributed by atoms with Crippen LogP contribution in [0, 0.1) is 5.92 Å². The first-order chi connectivity index (χ1) is 12.6. The SMILES string of the molecule is O=C(OCC(=O)N1CCc2ccccc21)[C@H]1COc2ccc(Cl)cc2C1. The first-order valence-corrected chi connectivity index (χ1v) is 8.96. The van der Waals surface area contributed by atoms with Gasteiger partial charge in [-0.3, -0.25) is 9.59 Å². The number of carbonyl (C=O) groups is 2. The van der Waals surface area contributed by atoms with Crippen molar-refractivity contribution in [1.82, 2.24) is 0 Å². The number of para-hydroxylation sites is 1. The van der Waals surface area contributed by atoms with Crippen molar-refractivity contribution in [2.24, 2.45) is 5.92 Å². The summed E-state index contributed by atoms with van der Waals surface area (Å²) in [6.45, 7) is 0.606. The van der Waals surface area contributed by atoms with Gasteiger partial charge in [-0.15, -0.1) is 0 Å². The molecule has 1 atom stereocenters. The fraction of sp³-hybridized carbons (Fsp3) is 0.300. The Morgan fingerprint density at radius 1 is 1.19 bits per heavy atom. The molecule has 0 N–H and O–H groups in total. The molecule has 0 radical (unpaired) electrons. The molecular formula is C20H18ClNO4. The second-order valence-electron chi connectivity index (χ2n) is 6.50. The normalized spacial score (nSPS) is 17.9. The van der Waals surface area contributed by atoms with Crippen LogP contribution in [0.2, 0.25) is 5.02 Å². The zero-order valence-corrected chi connectivity index (χ0v) is 14.9. The molecule has 0 aliphatic carbocycles. The van der Waals surface area contributed by atoms with E-state index < -0.39 is 11.9 Å². The third-order valence-corrected chi connectivity index (χ3v) is 5.02. The highest BCUT2D eigenvalue weighted by atomic mass is 35.5. The monoisotopic (exact) mass is 371 g/mol. The van der Waals surface area contributed by atoms with Crippen LogP contribution in [0.3, 0.4) is 0 Å². The molecule has 0 spiro atoms. The van der Waals surface area contributed by atoms with Gasteiger partial charge in [0, 0.05) is 17.3 Å². The summed E-state index contributed by atoms with van der Waals surface area (Å²) in [5, 5.41) is 0.601. The van der Waals surface area contributed by atoms with Crippen molar-refractivity contribution in [2.45, 2.75) is 12.8 Å². The number of hydrogen-bond donors (Lipinski definition) is 0. The maximum atomic E-state index is 12.4. The minimum Gasteiger partial charge on any atom is -0.492 e. The Balaban J connectivity index is 1.35. The number of hydrogen-bond acceptors (Lipinski definition) is 4. The van der Waals surface area contributed by atoms with Crippen LogP contribution < -0.4 is 9.64 Å². The molecule has 2 aliphatic rings. The summed E-state index contributed by atoms with van der Waals surface area (Å²) in [5.74, 6) is -0.317. The van der Waals surface area contributed by atoms with Crippen LogP contribution >= 0.6 is 11.6 Å². The van der Waals surface area contributed by atoms with E-state index in [1.54, 1.807) is 23.1 Å². The molecule has 5 nitrogen and oxygen atoms in total. The predicted octanol–water partition coefficient (Wildman–Crippen LogP) is 3.02. The van der Waals surface area contributed by atoms with Crippen LogP contribution in [0.1, 0.15) is 11.1 Å². The first kappa shape index (κ1) is 16.9. The number of rotatable bonds is 3. The molecule has 0 aromatic heterocycles. The summed E-state index contributed by atoms with van der Waals surface area (Å²) < 4.78 is 10.9. The second-order valence-corrected chi connectivity index (χ2v) is 6.93. The summed E-state index contributed by atoms with van der Waals surface area (Å²) in [5.41, 5.74) is 2.92. The van der Waals surface area contributed by atoms with Crippen molar-refractivity contribution in [3.63, 3.8) is 0 Å². The Bertz CT molecular complexity index is 867. The Kier molecular flexibility index (Phi) is 4.55. The number of esters is 1. The van der Waals surface area contributed by atoms with Gasteiger partial charge in [0.05, 0.1) is 5.92 Å². The molecule has 1 amide bonds. The molecule has 0 unspecified atom stereocenters. The van der Waals surface area contributed by atoms with E-state index in [1.807, 2.05) is 24.3 Å². The largest absolute Gasteiger partial charge is 0.492 e. The number of halogens is 1. The van der Waals surface area contributed by atoms with Gasteiger partial charge in [0.25, 0.3) is 5.91 Å². The van der Waals surface area contributed by atoms with Crippen LogP contribution in [0.4, 0.5) is 5.69 Å². The van der Waals surface area contributed by atoms with E-state index in [0.29, 0.717) is 18.0 Å². The quantitative estimate of drug-likeness (QED) is 0.778. The molecule has 0 saturated carbocycles. The molecule has 2 aromatic carbocycles. The average molecular weight is 372 g/mol. The Hall–Kier alpha value is -2.53. The third kappa shape index (κ3) is 3.27. The van der Waals surface area contributed by atoms with E-state index in [4.69, 9.17) is 21.1 Å². The molecule has 6 heteroatoms. The minimum absolute atomic E-state index is 0.205. The van der Waals surface area contributed by atoms with Crippen LogP contribution in [0.25, 0.3) is 0 Å². The van der Waals surface area contributed by atoms with Gasteiger partial charge in [-0.05, 0) is 48.2 Å². The zero-order chi connectivity index (χ0) is 18.1. The topological polar surface area (TPSA) is 55.8 Å². The van der Waals surface area contributed by atoms with Crippen LogP contribution in [-0.4, -0.2) is 31.6 Å². The van der Waals surface area contributed by atoms with Crippen molar-refractivity contribution in [1.29, 1.82) is 0 Å². The Morgan fingerprint density at radius 2 is 2.04 bits per heavy atom. The van der Waals surface area contributed by atoms with E-state index in [2.05, 4.69) is 0 Å². The van der Waals surface area contributed by atoms with Gasteiger partial charge in [-0.25, -0.2) is 0 Å². The molecule has 2 aliphatic heterocycles. The highest BCUT2D eigenvalue weighted by molar-refractivity contribution is 6.30. The number of nitrogens with zero attached hydrogens (tertiary/aromatic N) is 1. The van der Waals surface area contributed by atoms with Gasteiger partial charge in [0.2, 0.25) is 0 Å². The van der Waals surface area contributed by atoms with Gasteiger partial charge in [0.15, 0.2) is 6.61 Å². The lowest BCUT2D eigenvalue weighted by atomic mass is 9.97.